The highest BCUT2D eigenvalue weighted by Gasteiger charge is 2.19. The third kappa shape index (κ3) is 6.19. The lowest BCUT2D eigenvalue weighted by Crippen LogP contribution is -2.21. The number of benzene rings is 1. The second kappa shape index (κ2) is 7.63. The molecule has 0 saturated carbocycles. The second-order valence-electron chi connectivity index (χ2n) is 5.97. The molecule has 1 rings (SSSR count). The highest BCUT2D eigenvalue weighted by atomic mass is 28.3. The van der Waals surface area contributed by atoms with Gasteiger partial charge in [0, 0.05) is 14.7 Å². The fraction of sp³-hybridized carbons (Fsp3) is 0.500. The van der Waals surface area contributed by atoms with Gasteiger partial charge in [-0.1, -0.05) is 62.1 Å². The average molecular weight is 278 g/mol. The van der Waals surface area contributed by atoms with E-state index in [1.165, 1.54) is 0 Å². The number of rotatable bonds is 7. The molecule has 0 aliphatic carbocycles. The molecule has 0 spiro atoms. The van der Waals surface area contributed by atoms with Gasteiger partial charge in [-0.15, -0.1) is 0 Å². The summed E-state index contributed by atoms with van der Waals surface area (Å²) in [5, 5.41) is 10.4. The molecule has 0 heterocycles. The molecule has 0 aliphatic heterocycles. The minimum absolute atomic E-state index is 0.260. The van der Waals surface area contributed by atoms with Gasteiger partial charge in [-0.25, -0.2) is 0 Å². The zero-order valence-corrected chi connectivity index (χ0v) is 13.5. The minimum atomic E-state index is -1.09. The van der Waals surface area contributed by atoms with Gasteiger partial charge in [-0.05, 0) is 18.5 Å². The molecule has 0 aliphatic rings. The topological polar surface area (TPSA) is 29.5 Å². The summed E-state index contributed by atoms with van der Waals surface area (Å²) in [6, 6.07) is 10.8. The van der Waals surface area contributed by atoms with Crippen LogP contribution in [0.5, 0.6) is 0 Å². The Morgan fingerprint density at radius 2 is 1.84 bits per heavy atom. The largest absolute Gasteiger partial charge is 0.385 e. The Labute approximate surface area is 118 Å². The van der Waals surface area contributed by atoms with E-state index >= 15 is 0 Å². The van der Waals surface area contributed by atoms with Crippen molar-refractivity contribution in [3.63, 3.8) is 0 Å². The average Bonchev–Trinajstić information content (AvgIpc) is 2.36. The number of aliphatic hydroxyl groups is 1. The highest BCUT2D eigenvalue weighted by molar-refractivity contribution is 6.76. The lowest BCUT2D eigenvalue weighted by molar-refractivity contribution is -0.00581. The maximum atomic E-state index is 10.4. The molecule has 1 N–H and O–H groups in total. The quantitative estimate of drug-likeness (QED) is 0.603. The van der Waals surface area contributed by atoms with Gasteiger partial charge in [-0.3, -0.25) is 0 Å². The van der Waals surface area contributed by atoms with Crippen molar-refractivity contribution in [2.24, 2.45) is 0 Å². The fourth-order valence-corrected chi connectivity index (χ4v) is 2.68. The molecule has 0 radical (unpaired) electrons. The first-order valence-electron chi connectivity index (χ1n) is 6.95. The van der Waals surface area contributed by atoms with Gasteiger partial charge in [-0.2, -0.15) is 0 Å². The van der Waals surface area contributed by atoms with Crippen molar-refractivity contribution < 1.29 is 9.84 Å². The van der Waals surface area contributed by atoms with Gasteiger partial charge in [0.1, 0.15) is 12.2 Å². The maximum Gasteiger partial charge on any atom is 0.109 e. The predicted molar refractivity (Wildman–Crippen MR) is 84.1 cm³/mol. The van der Waals surface area contributed by atoms with Crippen LogP contribution in [0, 0.1) is 0 Å². The van der Waals surface area contributed by atoms with Crippen LogP contribution < -0.4 is 0 Å². The molecule has 1 aromatic carbocycles. The molecule has 0 amide bonds. The minimum Gasteiger partial charge on any atom is -0.385 e. The Hall–Kier alpha value is -0.903. The van der Waals surface area contributed by atoms with Crippen LogP contribution in [-0.4, -0.2) is 25.9 Å². The SMILES string of the molecule is CCO[C@@H](/C=C/C[Si](C)(C)C)[C@H](O)c1ccccc1. The fourth-order valence-electron chi connectivity index (χ4n) is 1.84. The van der Waals surface area contributed by atoms with Crippen LogP contribution in [0.25, 0.3) is 0 Å². The van der Waals surface area contributed by atoms with Crippen LogP contribution in [0.2, 0.25) is 25.7 Å². The van der Waals surface area contributed by atoms with Crippen molar-refractivity contribution in [2.75, 3.05) is 6.61 Å². The Morgan fingerprint density at radius 3 is 2.37 bits per heavy atom. The van der Waals surface area contributed by atoms with E-state index in [-0.39, 0.29) is 6.10 Å². The van der Waals surface area contributed by atoms with Crippen molar-refractivity contribution in [1.29, 1.82) is 0 Å². The van der Waals surface area contributed by atoms with E-state index in [0.29, 0.717) is 6.61 Å². The van der Waals surface area contributed by atoms with Crippen LogP contribution in [0.1, 0.15) is 18.6 Å². The van der Waals surface area contributed by atoms with Crippen LogP contribution >= 0.6 is 0 Å². The number of allylic oxidation sites excluding steroid dienone is 1. The van der Waals surface area contributed by atoms with E-state index in [0.717, 1.165) is 11.6 Å². The summed E-state index contributed by atoms with van der Waals surface area (Å²) in [7, 11) is -1.09. The van der Waals surface area contributed by atoms with Crippen LogP contribution in [0.15, 0.2) is 42.5 Å². The summed E-state index contributed by atoms with van der Waals surface area (Å²) in [5.74, 6) is 0. The van der Waals surface area contributed by atoms with E-state index in [9.17, 15) is 5.11 Å². The molecule has 106 valence electrons. The van der Waals surface area contributed by atoms with Crippen molar-refractivity contribution in [1.82, 2.24) is 0 Å². The van der Waals surface area contributed by atoms with Crippen LogP contribution in [0.3, 0.4) is 0 Å². The van der Waals surface area contributed by atoms with Gasteiger partial charge in [0.25, 0.3) is 0 Å². The molecular weight excluding hydrogens is 252 g/mol. The summed E-state index contributed by atoms with van der Waals surface area (Å²) in [6.07, 6.45) is 3.32. The number of aliphatic hydroxyl groups excluding tert-OH is 1. The normalized spacial score (nSPS) is 15.6. The molecule has 19 heavy (non-hydrogen) atoms. The first-order valence-corrected chi connectivity index (χ1v) is 10.7. The highest BCUT2D eigenvalue weighted by Crippen LogP contribution is 2.21. The van der Waals surface area contributed by atoms with Crippen molar-refractivity contribution in [2.45, 2.75) is 44.8 Å². The van der Waals surface area contributed by atoms with Crippen molar-refractivity contribution >= 4 is 8.07 Å². The monoisotopic (exact) mass is 278 g/mol. The van der Waals surface area contributed by atoms with Gasteiger partial charge < -0.3 is 9.84 Å². The summed E-state index contributed by atoms with van der Waals surface area (Å²) in [4.78, 5) is 0. The van der Waals surface area contributed by atoms with Gasteiger partial charge in [0.05, 0.1) is 0 Å². The summed E-state index contributed by atoms with van der Waals surface area (Å²) < 4.78 is 5.65. The van der Waals surface area contributed by atoms with Gasteiger partial charge >= 0.3 is 0 Å². The summed E-state index contributed by atoms with van der Waals surface area (Å²) >= 11 is 0. The molecule has 0 aromatic heterocycles. The molecule has 2 atom stereocenters. The smallest absolute Gasteiger partial charge is 0.109 e. The van der Waals surface area contributed by atoms with E-state index in [1.807, 2.05) is 43.3 Å². The third-order valence-electron chi connectivity index (χ3n) is 2.87. The van der Waals surface area contributed by atoms with Crippen LogP contribution in [-0.2, 0) is 4.74 Å². The second-order valence-corrected chi connectivity index (χ2v) is 11.5. The lowest BCUT2D eigenvalue weighted by Gasteiger charge is -2.21. The molecule has 0 bridgehead atoms. The maximum absolute atomic E-state index is 10.4. The van der Waals surface area contributed by atoms with Crippen molar-refractivity contribution in [3.8, 4) is 0 Å². The molecule has 3 heteroatoms. The molecule has 2 nitrogen and oxygen atoms in total. The number of ether oxygens (including phenoxy) is 1. The Kier molecular flexibility index (Phi) is 6.49. The Bertz CT molecular complexity index is 381. The number of hydrogen-bond donors (Lipinski definition) is 1. The molecule has 1 aromatic rings. The number of hydrogen-bond acceptors (Lipinski definition) is 2. The predicted octanol–water partition coefficient (Wildman–Crippen LogP) is 4.02. The third-order valence-corrected chi connectivity index (χ3v) is 4.33. The Balaban J connectivity index is 2.71. The molecule has 0 fully saturated rings. The first-order chi connectivity index (χ1) is 8.94. The zero-order valence-electron chi connectivity index (χ0n) is 12.5. The van der Waals surface area contributed by atoms with E-state index in [2.05, 4.69) is 25.7 Å². The van der Waals surface area contributed by atoms with E-state index < -0.39 is 14.2 Å². The van der Waals surface area contributed by atoms with Gasteiger partial charge in [0.2, 0.25) is 0 Å². The van der Waals surface area contributed by atoms with Gasteiger partial charge in [0.15, 0.2) is 0 Å². The first kappa shape index (κ1) is 16.2. The molecular formula is C16H26O2Si. The van der Waals surface area contributed by atoms with Crippen LogP contribution in [0.4, 0.5) is 0 Å². The molecule has 0 saturated heterocycles. The van der Waals surface area contributed by atoms with Crippen molar-refractivity contribution in [3.05, 3.63) is 48.0 Å². The zero-order chi connectivity index (χ0) is 14.3. The van der Waals surface area contributed by atoms with E-state index in [1.54, 1.807) is 0 Å². The Morgan fingerprint density at radius 1 is 1.21 bits per heavy atom. The summed E-state index contributed by atoms with van der Waals surface area (Å²) in [6.45, 7) is 9.56. The lowest BCUT2D eigenvalue weighted by atomic mass is 10.0. The summed E-state index contributed by atoms with van der Waals surface area (Å²) in [5.41, 5.74) is 0.901. The molecule has 0 unspecified atom stereocenters. The standard InChI is InChI=1S/C16H26O2Si/c1-5-18-15(12-9-13-19(2,3)4)16(17)14-10-7-6-8-11-14/h6-12,15-17H,5,13H2,1-4H3/b12-9+/t15-,16+/m0/s1. The van der Waals surface area contributed by atoms with E-state index in [4.69, 9.17) is 4.74 Å².